The number of likely N-dealkylation sites (tertiary alicyclic amines) is 1. The van der Waals surface area contributed by atoms with Gasteiger partial charge in [-0.1, -0.05) is 31.2 Å². The van der Waals surface area contributed by atoms with Crippen LogP contribution in [0.5, 0.6) is 0 Å². The van der Waals surface area contributed by atoms with Crippen molar-refractivity contribution in [3.63, 3.8) is 0 Å². The molecule has 1 saturated heterocycles. The van der Waals surface area contributed by atoms with Crippen molar-refractivity contribution in [2.45, 2.75) is 32.5 Å². The average Bonchev–Trinajstić information content (AvgIpc) is 3.12. The van der Waals surface area contributed by atoms with Crippen LogP contribution >= 0.6 is 0 Å². The number of fused-ring (bicyclic) bond motifs is 1. The monoisotopic (exact) mass is 388 g/mol. The van der Waals surface area contributed by atoms with Crippen molar-refractivity contribution in [1.82, 2.24) is 9.80 Å². The molecule has 0 saturated carbocycles. The lowest BCUT2D eigenvalue weighted by atomic mass is 9.94. The third-order valence-electron chi connectivity index (χ3n) is 5.73. The van der Waals surface area contributed by atoms with Gasteiger partial charge in [0.25, 0.3) is 0 Å². The van der Waals surface area contributed by atoms with Gasteiger partial charge >= 0.3 is 12.2 Å². The minimum atomic E-state index is -4.33. The number of hydrogen-bond donors (Lipinski definition) is 0. The predicted molar refractivity (Wildman–Crippen MR) is 102 cm³/mol. The normalized spacial score (nSPS) is 19.6. The number of benzene rings is 2. The number of alkyl halides is 3. The SMILES string of the molecule is CC1CCN(C(=O)N2CCc3ccc(-c4ccc(C(F)(F)F)cc4)cc3C2)C1. The van der Waals surface area contributed by atoms with E-state index in [1.807, 2.05) is 28.0 Å². The summed E-state index contributed by atoms with van der Waals surface area (Å²) in [5.74, 6) is 0.548. The van der Waals surface area contributed by atoms with Crippen LogP contribution in [0.2, 0.25) is 0 Å². The Morgan fingerprint density at radius 1 is 0.964 bits per heavy atom. The maximum absolute atomic E-state index is 12.8. The summed E-state index contributed by atoms with van der Waals surface area (Å²) in [6.45, 7) is 5.04. The summed E-state index contributed by atoms with van der Waals surface area (Å²) in [5.41, 5.74) is 3.24. The minimum Gasteiger partial charge on any atom is -0.324 e. The van der Waals surface area contributed by atoms with Crippen molar-refractivity contribution in [3.05, 3.63) is 59.2 Å². The molecular formula is C22H23F3N2O. The van der Waals surface area contributed by atoms with Crippen LogP contribution in [0.25, 0.3) is 11.1 Å². The van der Waals surface area contributed by atoms with Gasteiger partial charge in [0.15, 0.2) is 0 Å². The van der Waals surface area contributed by atoms with E-state index in [1.54, 1.807) is 0 Å². The van der Waals surface area contributed by atoms with E-state index >= 15 is 0 Å². The zero-order valence-electron chi connectivity index (χ0n) is 15.8. The van der Waals surface area contributed by atoms with Crippen molar-refractivity contribution < 1.29 is 18.0 Å². The molecule has 6 heteroatoms. The smallest absolute Gasteiger partial charge is 0.324 e. The van der Waals surface area contributed by atoms with Crippen LogP contribution in [0.15, 0.2) is 42.5 Å². The summed E-state index contributed by atoms with van der Waals surface area (Å²) in [6.07, 6.45) is -2.48. The molecule has 0 aromatic heterocycles. The van der Waals surface area contributed by atoms with Gasteiger partial charge in [-0.25, -0.2) is 4.79 Å². The predicted octanol–water partition coefficient (Wildman–Crippen LogP) is 5.19. The van der Waals surface area contributed by atoms with Crippen LogP contribution in [-0.2, 0) is 19.1 Å². The molecule has 1 fully saturated rings. The van der Waals surface area contributed by atoms with Crippen LogP contribution in [-0.4, -0.2) is 35.5 Å². The molecule has 2 heterocycles. The summed E-state index contributed by atoms with van der Waals surface area (Å²) >= 11 is 0. The lowest BCUT2D eigenvalue weighted by Crippen LogP contribution is -2.44. The second kappa shape index (κ2) is 7.15. The van der Waals surface area contributed by atoms with E-state index in [2.05, 4.69) is 6.92 Å². The highest BCUT2D eigenvalue weighted by Gasteiger charge is 2.31. The maximum atomic E-state index is 12.8. The van der Waals surface area contributed by atoms with Crippen molar-refractivity contribution in [1.29, 1.82) is 0 Å². The second-order valence-corrected chi connectivity index (χ2v) is 7.85. The van der Waals surface area contributed by atoms with Gasteiger partial charge in [0.05, 0.1) is 5.56 Å². The molecule has 0 spiro atoms. The zero-order valence-corrected chi connectivity index (χ0v) is 15.8. The van der Waals surface area contributed by atoms with Gasteiger partial charge in [-0.05, 0) is 59.2 Å². The Bertz CT molecular complexity index is 876. The largest absolute Gasteiger partial charge is 0.416 e. The van der Waals surface area contributed by atoms with Gasteiger partial charge < -0.3 is 9.80 Å². The third-order valence-corrected chi connectivity index (χ3v) is 5.73. The molecule has 3 nitrogen and oxygen atoms in total. The van der Waals surface area contributed by atoms with Crippen LogP contribution in [0.1, 0.15) is 30.0 Å². The molecule has 148 valence electrons. The molecular weight excluding hydrogens is 365 g/mol. The molecule has 0 bridgehead atoms. The van der Waals surface area contributed by atoms with Crippen LogP contribution in [0.3, 0.4) is 0 Å². The Kier molecular flexibility index (Phi) is 4.81. The highest BCUT2D eigenvalue weighted by Crippen LogP contribution is 2.32. The highest BCUT2D eigenvalue weighted by atomic mass is 19.4. The lowest BCUT2D eigenvalue weighted by Gasteiger charge is -2.32. The maximum Gasteiger partial charge on any atom is 0.416 e. The van der Waals surface area contributed by atoms with Gasteiger partial charge in [0.1, 0.15) is 0 Å². The van der Waals surface area contributed by atoms with Gasteiger partial charge in [0, 0.05) is 26.2 Å². The first-order valence-electron chi connectivity index (χ1n) is 9.64. The number of hydrogen-bond acceptors (Lipinski definition) is 1. The second-order valence-electron chi connectivity index (χ2n) is 7.85. The summed E-state index contributed by atoms with van der Waals surface area (Å²) in [7, 11) is 0. The average molecular weight is 388 g/mol. The first kappa shape index (κ1) is 18.8. The van der Waals surface area contributed by atoms with Gasteiger partial charge in [0.2, 0.25) is 0 Å². The standard InChI is InChI=1S/C22H23F3N2O/c1-15-8-10-26(13-15)21(28)27-11-9-17-2-3-18(12-19(17)14-27)16-4-6-20(7-5-16)22(23,24)25/h2-7,12,15H,8-11,13-14H2,1H3. The van der Waals surface area contributed by atoms with Crippen molar-refractivity contribution >= 4 is 6.03 Å². The van der Waals surface area contributed by atoms with Crippen molar-refractivity contribution in [2.24, 2.45) is 5.92 Å². The number of halogens is 3. The Hall–Kier alpha value is -2.50. The number of urea groups is 1. The Balaban J connectivity index is 1.53. The fraction of sp³-hybridized carbons (Fsp3) is 0.409. The van der Waals surface area contributed by atoms with Gasteiger partial charge in [-0.2, -0.15) is 13.2 Å². The van der Waals surface area contributed by atoms with Crippen molar-refractivity contribution in [3.8, 4) is 11.1 Å². The number of amides is 2. The number of rotatable bonds is 1. The Morgan fingerprint density at radius 3 is 2.32 bits per heavy atom. The van der Waals surface area contributed by atoms with E-state index in [-0.39, 0.29) is 6.03 Å². The molecule has 2 aliphatic heterocycles. The molecule has 28 heavy (non-hydrogen) atoms. The molecule has 0 aliphatic carbocycles. The lowest BCUT2D eigenvalue weighted by molar-refractivity contribution is -0.137. The quantitative estimate of drug-likeness (QED) is 0.659. The molecule has 2 aliphatic rings. The highest BCUT2D eigenvalue weighted by molar-refractivity contribution is 5.75. The summed E-state index contributed by atoms with van der Waals surface area (Å²) < 4.78 is 38.3. The molecule has 0 radical (unpaired) electrons. The zero-order chi connectivity index (χ0) is 19.9. The molecule has 1 unspecified atom stereocenters. The summed E-state index contributed by atoms with van der Waals surface area (Å²) in [6, 6.07) is 11.3. The fourth-order valence-corrected chi connectivity index (χ4v) is 4.06. The number of carbonyl (C=O) groups excluding carboxylic acids is 1. The van der Waals surface area contributed by atoms with Crippen molar-refractivity contribution in [2.75, 3.05) is 19.6 Å². The molecule has 4 rings (SSSR count). The first-order chi connectivity index (χ1) is 13.3. The number of nitrogens with zero attached hydrogens (tertiary/aromatic N) is 2. The van der Waals surface area contributed by atoms with E-state index < -0.39 is 11.7 Å². The van der Waals surface area contributed by atoms with Gasteiger partial charge in [-0.15, -0.1) is 0 Å². The molecule has 1 atom stereocenters. The Morgan fingerprint density at radius 2 is 1.68 bits per heavy atom. The minimum absolute atomic E-state index is 0.0925. The van der Waals surface area contributed by atoms with E-state index in [0.29, 0.717) is 19.0 Å². The fourth-order valence-electron chi connectivity index (χ4n) is 4.06. The summed E-state index contributed by atoms with van der Waals surface area (Å²) in [4.78, 5) is 16.6. The molecule has 2 amide bonds. The molecule has 2 aromatic carbocycles. The third kappa shape index (κ3) is 3.73. The Labute approximate surface area is 162 Å². The van der Waals surface area contributed by atoms with Crippen LogP contribution < -0.4 is 0 Å². The molecule has 2 aromatic rings. The van der Waals surface area contributed by atoms with E-state index in [9.17, 15) is 18.0 Å². The van der Waals surface area contributed by atoms with Crippen LogP contribution in [0.4, 0.5) is 18.0 Å². The molecule has 0 N–H and O–H groups in total. The van der Waals surface area contributed by atoms with Gasteiger partial charge in [-0.3, -0.25) is 0 Å². The van der Waals surface area contributed by atoms with E-state index in [4.69, 9.17) is 0 Å². The van der Waals surface area contributed by atoms with E-state index in [1.165, 1.54) is 17.7 Å². The first-order valence-corrected chi connectivity index (χ1v) is 9.64. The van der Waals surface area contributed by atoms with Crippen LogP contribution in [0, 0.1) is 5.92 Å². The summed E-state index contributed by atoms with van der Waals surface area (Å²) in [5, 5.41) is 0. The number of carbonyl (C=O) groups is 1. The topological polar surface area (TPSA) is 23.6 Å². The van der Waals surface area contributed by atoms with E-state index in [0.717, 1.165) is 54.8 Å².